The van der Waals surface area contributed by atoms with Gasteiger partial charge in [-0.25, -0.2) is 0 Å². The number of benzene rings is 1. The highest BCUT2D eigenvalue weighted by Gasteiger charge is 2.21. The molecule has 2 amide bonds. The first-order valence-electron chi connectivity index (χ1n) is 6.29. The lowest BCUT2D eigenvalue weighted by Crippen LogP contribution is -2.36. The lowest BCUT2D eigenvalue weighted by molar-refractivity contribution is -0.140. The number of amides is 2. The highest BCUT2D eigenvalue weighted by atomic mass is 16.4. The van der Waals surface area contributed by atoms with Gasteiger partial charge in [0.25, 0.3) is 0 Å². The van der Waals surface area contributed by atoms with Gasteiger partial charge in [-0.15, -0.1) is 0 Å². The standard InChI is InChI=1S/C14H18N2O4/c1-3-12(17)16(8-9(2)14(19)20)11-6-4-10(5-7-11)13(15)18/h4-7,9H,3,8H2,1-2H3,(H2,15,18)(H,19,20). The zero-order chi connectivity index (χ0) is 15.3. The van der Waals surface area contributed by atoms with Crippen molar-refractivity contribution in [3.8, 4) is 0 Å². The summed E-state index contributed by atoms with van der Waals surface area (Å²) in [6.45, 7) is 3.33. The number of carbonyl (C=O) groups is 3. The van der Waals surface area contributed by atoms with Crippen molar-refractivity contribution in [3.05, 3.63) is 29.8 Å². The van der Waals surface area contributed by atoms with E-state index in [9.17, 15) is 14.4 Å². The number of carboxylic acid groups (broad SMARTS) is 1. The van der Waals surface area contributed by atoms with Crippen LogP contribution in [-0.2, 0) is 9.59 Å². The Morgan fingerprint density at radius 1 is 1.25 bits per heavy atom. The molecule has 0 heterocycles. The lowest BCUT2D eigenvalue weighted by Gasteiger charge is -2.24. The highest BCUT2D eigenvalue weighted by molar-refractivity contribution is 5.96. The average Bonchev–Trinajstić information content (AvgIpc) is 2.43. The Bertz CT molecular complexity index is 510. The summed E-state index contributed by atoms with van der Waals surface area (Å²) < 4.78 is 0. The SMILES string of the molecule is CCC(=O)N(CC(C)C(=O)O)c1ccc(C(N)=O)cc1. The van der Waals surface area contributed by atoms with E-state index < -0.39 is 17.8 Å². The number of anilines is 1. The summed E-state index contributed by atoms with van der Waals surface area (Å²) in [6, 6.07) is 6.20. The van der Waals surface area contributed by atoms with Gasteiger partial charge in [0.1, 0.15) is 0 Å². The summed E-state index contributed by atoms with van der Waals surface area (Å²) >= 11 is 0. The Kier molecular flexibility index (Phi) is 5.25. The molecule has 1 rings (SSSR count). The number of hydrogen-bond donors (Lipinski definition) is 2. The van der Waals surface area contributed by atoms with E-state index in [-0.39, 0.29) is 18.9 Å². The zero-order valence-corrected chi connectivity index (χ0v) is 11.5. The smallest absolute Gasteiger partial charge is 0.308 e. The maximum atomic E-state index is 11.9. The summed E-state index contributed by atoms with van der Waals surface area (Å²) in [5, 5.41) is 8.95. The molecule has 108 valence electrons. The molecule has 1 aromatic carbocycles. The monoisotopic (exact) mass is 278 g/mol. The Morgan fingerprint density at radius 2 is 1.80 bits per heavy atom. The van der Waals surface area contributed by atoms with Crippen molar-refractivity contribution in [2.75, 3.05) is 11.4 Å². The minimum absolute atomic E-state index is 0.0813. The third-order valence-corrected chi connectivity index (χ3v) is 2.95. The van der Waals surface area contributed by atoms with Gasteiger partial charge in [0.05, 0.1) is 5.92 Å². The van der Waals surface area contributed by atoms with Gasteiger partial charge in [0, 0.05) is 24.2 Å². The first kappa shape index (κ1) is 15.7. The number of nitrogens with zero attached hydrogens (tertiary/aromatic N) is 1. The van der Waals surface area contributed by atoms with Gasteiger partial charge in [-0.2, -0.15) is 0 Å². The molecule has 0 aliphatic rings. The van der Waals surface area contributed by atoms with E-state index in [1.54, 1.807) is 19.1 Å². The highest BCUT2D eigenvalue weighted by Crippen LogP contribution is 2.18. The molecule has 0 spiro atoms. The fourth-order valence-corrected chi connectivity index (χ4v) is 1.70. The lowest BCUT2D eigenvalue weighted by atomic mass is 10.1. The number of rotatable bonds is 6. The number of aliphatic carboxylic acids is 1. The van der Waals surface area contributed by atoms with Crippen LogP contribution in [0, 0.1) is 5.92 Å². The molecule has 20 heavy (non-hydrogen) atoms. The Labute approximate surface area is 117 Å². The van der Waals surface area contributed by atoms with Gasteiger partial charge in [0.15, 0.2) is 0 Å². The van der Waals surface area contributed by atoms with Crippen molar-refractivity contribution >= 4 is 23.5 Å². The molecule has 0 aromatic heterocycles. The van der Waals surface area contributed by atoms with Gasteiger partial charge in [-0.3, -0.25) is 14.4 Å². The molecule has 0 radical (unpaired) electrons. The average molecular weight is 278 g/mol. The minimum Gasteiger partial charge on any atom is -0.481 e. The predicted molar refractivity (Wildman–Crippen MR) is 74.4 cm³/mol. The molecular formula is C14H18N2O4. The molecule has 0 aliphatic heterocycles. The number of primary amides is 1. The molecule has 1 aromatic rings. The van der Waals surface area contributed by atoms with Crippen molar-refractivity contribution in [3.63, 3.8) is 0 Å². The Balaban J connectivity index is 3.01. The van der Waals surface area contributed by atoms with Crippen molar-refractivity contribution in [2.24, 2.45) is 11.7 Å². The third-order valence-electron chi connectivity index (χ3n) is 2.95. The first-order chi connectivity index (χ1) is 9.36. The summed E-state index contributed by atoms with van der Waals surface area (Å²) in [5.74, 6) is -2.37. The maximum Gasteiger partial charge on any atom is 0.308 e. The van der Waals surface area contributed by atoms with Crippen LogP contribution in [0.25, 0.3) is 0 Å². The second-order valence-electron chi connectivity index (χ2n) is 4.51. The molecular weight excluding hydrogens is 260 g/mol. The predicted octanol–water partition coefficient (Wildman–Crippen LogP) is 1.25. The fourth-order valence-electron chi connectivity index (χ4n) is 1.70. The Hall–Kier alpha value is -2.37. The van der Waals surface area contributed by atoms with E-state index in [4.69, 9.17) is 10.8 Å². The minimum atomic E-state index is -0.965. The molecule has 0 saturated carbocycles. The van der Waals surface area contributed by atoms with Crippen LogP contribution < -0.4 is 10.6 Å². The van der Waals surface area contributed by atoms with Crippen LogP contribution in [0.3, 0.4) is 0 Å². The van der Waals surface area contributed by atoms with Crippen LogP contribution in [0.1, 0.15) is 30.6 Å². The summed E-state index contributed by atoms with van der Waals surface area (Å²) in [4.78, 5) is 35.3. The molecule has 1 unspecified atom stereocenters. The summed E-state index contributed by atoms with van der Waals surface area (Å²) in [6.07, 6.45) is 0.268. The van der Waals surface area contributed by atoms with E-state index in [0.29, 0.717) is 11.3 Å². The van der Waals surface area contributed by atoms with E-state index in [2.05, 4.69) is 0 Å². The van der Waals surface area contributed by atoms with Crippen LogP contribution in [0.2, 0.25) is 0 Å². The number of carbonyl (C=O) groups excluding carboxylic acids is 2. The molecule has 0 aliphatic carbocycles. The number of carboxylic acids is 1. The van der Waals surface area contributed by atoms with Crippen LogP contribution in [-0.4, -0.2) is 29.4 Å². The quantitative estimate of drug-likeness (QED) is 0.817. The van der Waals surface area contributed by atoms with Crippen LogP contribution in [0.4, 0.5) is 5.69 Å². The second kappa shape index (κ2) is 6.70. The first-order valence-corrected chi connectivity index (χ1v) is 6.29. The van der Waals surface area contributed by atoms with E-state index in [1.165, 1.54) is 24.0 Å². The summed E-state index contributed by atoms with van der Waals surface area (Å²) in [5.41, 5.74) is 6.04. The molecule has 6 heteroatoms. The molecule has 1 atom stereocenters. The largest absolute Gasteiger partial charge is 0.481 e. The third kappa shape index (κ3) is 3.81. The van der Waals surface area contributed by atoms with Crippen molar-refractivity contribution in [2.45, 2.75) is 20.3 Å². The zero-order valence-electron chi connectivity index (χ0n) is 11.5. The van der Waals surface area contributed by atoms with Crippen molar-refractivity contribution in [1.29, 1.82) is 0 Å². The van der Waals surface area contributed by atoms with Gasteiger partial charge < -0.3 is 15.7 Å². The van der Waals surface area contributed by atoms with Gasteiger partial charge in [0.2, 0.25) is 11.8 Å². The van der Waals surface area contributed by atoms with Gasteiger partial charge in [-0.05, 0) is 24.3 Å². The topological polar surface area (TPSA) is 101 Å². The van der Waals surface area contributed by atoms with Gasteiger partial charge >= 0.3 is 5.97 Å². The van der Waals surface area contributed by atoms with Crippen LogP contribution >= 0.6 is 0 Å². The van der Waals surface area contributed by atoms with Gasteiger partial charge in [-0.1, -0.05) is 13.8 Å². The molecule has 0 fully saturated rings. The van der Waals surface area contributed by atoms with E-state index in [0.717, 1.165) is 0 Å². The molecule has 6 nitrogen and oxygen atoms in total. The van der Waals surface area contributed by atoms with E-state index >= 15 is 0 Å². The van der Waals surface area contributed by atoms with E-state index in [1.807, 2.05) is 0 Å². The molecule has 0 bridgehead atoms. The van der Waals surface area contributed by atoms with Crippen molar-refractivity contribution in [1.82, 2.24) is 0 Å². The molecule has 3 N–H and O–H groups in total. The fraction of sp³-hybridized carbons (Fsp3) is 0.357. The van der Waals surface area contributed by atoms with Crippen molar-refractivity contribution < 1.29 is 19.5 Å². The summed E-state index contributed by atoms with van der Waals surface area (Å²) in [7, 11) is 0. The van der Waals surface area contributed by atoms with Crippen LogP contribution in [0.15, 0.2) is 24.3 Å². The number of hydrogen-bond acceptors (Lipinski definition) is 3. The normalized spacial score (nSPS) is 11.7. The van der Waals surface area contributed by atoms with Crippen LogP contribution in [0.5, 0.6) is 0 Å². The molecule has 0 saturated heterocycles. The maximum absolute atomic E-state index is 11.9. The Morgan fingerprint density at radius 3 is 2.20 bits per heavy atom. The number of nitrogens with two attached hydrogens (primary N) is 1. The second-order valence-corrected chi connectivity index (χ2v) is 4.51.